The van der Waals surface area contributed by atoms with Gasteiger partial charge in [0.2, 0.25) is 5.78 Å². The summed E-state index contributed by atoms with van der Waals surface area (Å²) in [6, 6.07) is 37.1. The molecule has 0 N–H and O–H groups in total. The van der Waals surface area contributed by atoms with E-state index in [9.17, 15) is 4.79 Å². The molecule has 66 heavy (non-hydrogen) atoms. The molecule has 0 spiro atoms. The van der Waals surface area contributed by atoms with E-state index < -0.39 is 39.6 Å². The van der Waals surface area contributed by atoms with E-state index in [4.69, 9.17) is 46.1 Å². The minimum absolute atomic E-state index is 0.236. The molecule has 340 valence electrons. The molecule has 10 rings (SSSR count). The highest BCUT2D eigenvalue weighted by molar-refractivity contribution is 7.43. The molecule has 0 atom stereocenters. The third kappa shape index (κ3) is 9.04. The fraction of sp³-hybridized carbons (Fsp3) is 0.302. The van der Waals surface area contributed by atoms with Crippen molar-refractivity contribution in [2.45, 2.75) is 103 Å². The molecule has 0 aliphatic carbocycles. The Kier molecular flexibility index (Phi) is 11.0. The standard InChI is InChI=1S/C53H52O11P2/c1-50(2)29-33-17-13-25-41(46(33)55-50)61-65(62-42-26-14-18-34-30-51(3,4)56-47(34)42)59-39-23-11-9-21-37(39)45(54)38-22-10-12-24-40(38)60-66(63-43-27-15-19-35-31-52(5,6)57-48(35)43)64-44-28-16-20-36-32-53(7,8)58-49(36)44/h9-28H,29-32H2,1-8H3. The molecule has 0 amide bonds. The van der Waals surface area contributed by atoms with Crippen LogP contribution in [0.5, 0.6) is 57.5 Å². The lowest BCUT2D eigenvalue weighted by Gasteiger charge is -2.23. The van der Waals surface area contributed by atoms with Gasteiger partial charge in [-0.15, -0.1) is 0 Å². The monoisotopic (exact) mass is 926 g/mol. The fourth-order valence-corrected chi connectivity index (χ4v) is 10.9. The van der Waals surface area contributed by atoms with Gasteiger partial charge in [-0.1, -0.05) is 72.8 Å². The van der Waals surface area contributed by atoms with Crippen LogP contribution in [0.15, 0.2) is 121 Å². The number of carbonyl (C=O) groups excluding carboxylic acids is 1. The lowest BCUT2D eigenvalue weighted by Crippen LogP contribution is -2.24. The summed E-state index contributed by atoms with van der Waals surface area (Å²) in [5.41, 5.74) is 2.86. The van der Waals surface area contributed by atoms with Gasteiger partial charge < -0.3 is 46.1 Å². The summed E-state index contributed by atoms with van der Waals surface area (Å²) in [7, 11) is -4.55. The molecule has 4 aliphatic rings. The zero-order valence-corrected chi connectivity index (χ0v) is 40.0. The maximum atomic E-state index is 15.0. The average Bonchev–Trinajstić information content (AvgIpc) is 3.97. The smallest absolute Gasteiger partial charge is 0.483 e. The van der Waals surface area contributed by atoms with Crippen molar-refractivity contribution in [3.8, 4) is 57.5 Å². The molecular formula is C53H52O11P2. The Hall–Kier alpha value is -6.15. The molecule has 6 aromatic carbocycles. The molecule has 4 aliphatic heterocycles. The Labute approximate surface area is 388 Å². The molecule has 0 fully saturated rings. The highest BCUT2D eigenvalue weighted by Gasteiger charge is 2.39. The van der Waals surface area contributed by atoms with Crippen LogP contribution < -0.4 is 46.1 Å². The number of benzene rings is 6. The van der Waals surface area contributed by atoms with Gasteiger partial charge >= 0.3 is 17.2 Å². The number of carbonyl (C=O) groups is 1. The molecule has 13 heteroatoms. The molecule has 4 heterocycles. The van der Waals surface area contributed by atoms with Crippen LogP contribution in [0.1, 0.15) is 93.6 Å². The largest absolute Gasteiger partial charge is 0.530 e. The average molecular weight is 927 g/mol. The molecule has 0 bridgehead atoms. The van der Waals surface area contributed by atoms with Gasteiger partial charge in [0.05, 0.1) is 11.1 Å². The van der Waals surface area contributed by atoms with Gasteiger partial charge in [0.1, 0.15) is 33.9 Å². The fourth-order valence-electron chi connectivity index (χ4n) is 8.84. The molecule has 0 aromatic heterocycles. The van der Waals surface area contributed by atoms with E-state index in [2.05, 4.69) is 0 Å². The van der Waals surface area contributed by atoms with E-state index in [1.165, 1.54) is 0 Å². The van der Waals surface area contributed by atoms with Crippen molar-refractivity contribution in [1.82, 2.24) is 0 Å². The Morgan fingerprint density at radius 2 is 0.606 bits per heavy atom. The number of fused-ring (bicyclic) bond motifs is 4. The number of hydrogen-bond donors (Lipinski definition) is 0. The normalized spacial score (nSPS) is 17.2. The molecule has 0 saturated heterocycles. The first-order valence-electron chi connectivity index (χ1n) is 22.1. The number of hydrogen-bond acceptors (Lipinski definition) is 11. The van der Waals surface area contributed by atoms with Crippen molar-refractivity contribution in [2.24, 2.45) is 0 Å². The molecule has 0 unspecified atom stereocenters. The Balaban J connectivity index is 0.978. The Morgan fingerprint density at radius 1 is 0.364 bits per heavy atom. The van der Waals surface area contributed by atoms with Gasteiger partial charge in [-0.25, -0.2) is 0 Å². The first kappa shape index (κ1) is 43.7. The third-order valence-corrected chi connectivity index (χ3v) is 13.6. The van der Waals surface area contributed by atoms with Gasteiger partial charge in [-0.2, -0.15) is 0 Å². The number of para-hydroxylation sites is 6. The van der Waals surface area contributed by atoms with Crippen LogP contribution in [0.2, 0.25) is 0 Å². The highest BCUT2D eigenvalue weighted by atomic mass is 31.2. The summed E-state index contributed by atoms with van der Waals surface area (Å²) in [6.45, 7) is 16.3. The van der Waals surface area contributed by atoms with Crippen LogP contribution in [0, 0.1) is 0 Å². The predicted octanol–water partition coefficient (Wildman–Crippen LogP) is 13.3. The van der Waals surface area contributed by atoms with E-state index in [0.29, 0.717) is 71.7 Å². The highest BCUT2D eigenvalue weighted by Crippen LogP contribution is 2.55. The van der Waals surface area contributed by atoms with Gasteiger partial charge in [0.25, 0.3) is 0 Å². The van der Waals surface area contributed by atoms with Crippen molar-refractivity contribution < 1.29 is 50.9 Å². The molecule has 0 radical (unpaired) electrons. The van der Waals surface area contributed by atoms with Crippen molar-refractivity contribution >= 4 is 23.0 Å². The van der Waals surface area contributed by atoms with Crippen LogP contribution in [-0.2, 0) is 25.7 Å². The van der Waals surface area contributed by atoms with Gasteiger partial charge in [0.15, 0.2) is 46.0 Å². The van der Waals surface area contributed by atoms with Crippen molar-refractivity contribution in [3.05, 3.63) is 155 Å². The minimum atomic E-state index is -2.28. The van der Waals surface area contributed by atoms with Gasteiger partial charge in [-0.05, 0) is 104 Å². The summed E-state index contributed by atoms with van der Waals surface area (Å²) < 4.78 is 65.5. The SMILES string of the molecule is CC1(C)Cc2cccc(OP(Oc3ccccc3C(=O)c3ccccc3OP(Oc3cccc4c3OC(C)(C)C4)Oc3cccc4c3OC(C)(C)C4)Oc3cccc4c3OC(C)(C)C4)c2O1. The second-order valence-corrected chi connectivity index (χ2v) is 21.4. The quantitative estimate of drug-likeness (QED) is 0.0769. The molecule has 0 saturated carbocycles. The maximum Gasteiger partial charge on any atom is 0.530 e. The summed E-state index contributed by atoms with van der Waals surface area (Å²) >= 11 is 0. The van der Waals surface area contributed by atoms with E-state index in [-0.39, 0.29) is 28.4 Å². The number of rotatable bonds is 14. The summed E-state index contributed by atoms with van der Waals surface area (Å²) in [5.74, 6) is 4.45. The minimum Gasteiger partial charge on any atom is -0.483 e. The van der Waals surface area contributed by atoms with E-state index in [1.54, 1.807) is 48.5 Å². The molecular weight excluding hydrogens is 875 g/mol. The summed E-state index contributed by atoms with van der Waals surface area (Å²) in [5, 5.41) is 0. The lowest BCUT2D eigenvalue weighted by atomic mass is 10.0. The van der Waals surface area contributed by atoms with E-state index in [0.717, 1.165) is 22.3 Å². The Bertz CT molecular complexity index is 2520. The number of ketones is 1. The second kappa shape index (κ2) is 16.6. The van der Waals surface area contributed by atoms with Crippen molar-refractivity contribution in [3.63, 3.8) is 0 Å². The zero-order chi connectivity index (χ0) is 46.0. The molecule has 11 nitrogen and oxygen atoms in total. The lowest BCUT2D eigenvalue weighted by molar-refractivity contribution is 0.103. The summed E-state index contributed by atoms with van der Waals surface area (Å²) in [4.78, 5) is 15.0. The van der Waals surface area contributed by atoms with Crippen molar-refractivity contribution in [1.29, 1.82) is 0 Å². The molecule has 6 aromatic rings. The predicted molar refractivity (Wildman–Crippen MR) is 253 cm³/mol. The van der Waals surface area contributed by atoms with Crippen molar-refractivity contribution in [2.75, 3.05) is 0 Å². The number of ether oxygens (including phenoxy) is 4. The van der Waals surface area contributed by atoms with E-state index in [1.807, 2.05) is 128 Å². The van der Waals surface area contributed by atoms with E-state index >= 15 is 0 Å². The first-order valence-corrected chi connectivity index (χ1v) is 24.3. The van der Waals surface area contributed by atoms with Crippen LogP contribution >= 0.6 is 17.2 Å². The summed E-state index contributed by atoms with van der Waals surface area (Å²) in [6.07, 6.45) is 2.85. The third-order valence-electron chi connectivity index (χ3n) is 11.5. The van der Waals surface area contributed by atoms with Crippen LogP contribution in [-0.4, -0.2) is 28.2 Å². The maximum absolute atomic E-state index is 15.0. The second-order valence-electron chi connectivity index (χ2n) is 19.4. The first-order chi connectivity index (χ1) is 31.5. The van der Waals surface area contributed by atoms with Crippen LogP contribution in [0.4, 0.5) is 0 Å². The topological polar surface area (TPSA) is 109 Å². The van der Waals surface area contributed by atoms with Crippen LogP contribution in [0.3, 0.4) is 0 Å². The zero-order valence-electron chi connectivity index (χ0n) is 38.3. The van der Waals surface area contributed by atoms with Gasteiger partial charge in [0, 0.05) is 47.9 Å². The Morgan fingerprint density at radius 3 is 0.894 bits per heavy atom. The van der Waals surface area contributed by atoms with Gasteiger partial charge in [-0.3, -0.25) is 4.79 Å². The van der Waals surface area contributed by atoms with Crippen LogP contribution in [0.25, 0.3) is 0 Å².